The summed E-state index contributed by atoms with van der Waals surface area (Å²) in [7, 11) is 0. The van der Waals surface area contributed by atoms with Crippen molar-refractivity contribution in [3.8, 4) is 0 Å². The number of hydrogen-bond donors (Lipinski definition) is 2. The fraction of sp³-hybridized carbons (Fsp3) is 0.357. The second-order valence-electron chi connectivity index (χ2n) is 4.46. The minimum Gasteiger partial charge on any atom is -0.451 e. The van der Waals surface area contributed by atoms with Gasteiger partial charge in [0.05, 0.1) is 12.6 Å². The average molecular weight is 326 g/mol. The van der Waals surface area contributed by atoms with Gasteiger partial charge in [-0.3, -0.25) is 4.79 Å². The Labute approximate surface area is 119 Å². The molecule has 0 radical (unpaired) electrons. The van der Waals surface area contributed by atoms with Gasteiger partial charge < -0.3 is 14.8 Å². The van der Waals surface area contributed by atoms with Crippen LogP contribution in [-0.4, -0.2) is 23.7 Å². The smallest absolute Gasteiger partial charge is 0.287 e. The largest absolute Gasteiger partial charge is 0.451 e. The first kappa shape index (κ1) is 14.1. The van der Waals surface area contributed by atoms with E-state index in [0.29, 0.717) is 17.8 Å². The Bertz CT molecular complexity index is 602. The molecule has 1 heterocycles. The van der Waals surface area contributed by atoms with Gasteiger partial charge in [0.2, 0.25) is 0 Å². The zero-order valence-electron chi connectivity index (χ0n) is 10.9. The van der Waals surface area contributed by atoms with Crippen LogP contribution in [0.5, 0.6) is 0 Å². The first-order valence-corrected chi connectivity index (χ1v) is 6.96. The van der Waals surface area contributed by atoms with Crippen molar-refractivity contribution >= 4 is 32.8 Å². The van der Waals surface area contributed by atoms with Crippen molar-refractivity contribution in [3.05, 3.63) is 34.0 Å². The number of benzene rings is 1. The molecule has 2 N–H and O–H groups in total. The molecule has 0 aliphatic rings. The normalized spacial score (nSPS) is 12.6. The molecule has 4 nitrogen and oxygen atoms in total. The van der Waals surface area contributed by atoms with Crippen LogP contribution in [0.3, 0.4) is 0 Å². The van der Waals surface area contributed by atoms with Crippen molar-refractivity contribution in [2.24, 2.45) is 0 Å². The van der Waals surface area contributed by atoms with E-state index in [2.05, 4.69) is 21.2 Å². The van der Waals surface area contributed by atoms with E-state index in [4.69, 9.17) is 9.52 Å². The highest BCUT2D eigenvalue weighted by Crippen LogP contribution is 2.28. The minimum absolute atomic E-state index is 0.0763. The summed E-state index contributed by atoms with van der Waals surface area (Å²) in [6.45, 7) is 3.68. The molecule has 1 aromatic heterocycles. The fourth-order valence-corrected chi connectivity index (χ4v) is 2.30. The van der Waals surface area contributed by atoms with E-state index in [1.807, 2.05) is 32.0 Å². The lowest BCUT2D eigenvalue weighted by molar-refractivity contribution is 0.0888. The summed E-state index contributed by atoms with van der Waals surface area (Å²) in [6, 6.07) is 5.38. The van der Waals surface area contributed by atoms with Crippen LogP contribution >= 0.6 is 15.9 Å². The van der Waals surface area contributed by atoms with Crippen LogP contribution in [-0.2, 0) is 0 Å². The highest BCUT2D eigenvalue weighted by molar-refractivity contribution is 9.10. The predicted molar refractivity (Wildman–Crippen MR) is 77.3 cm³/mol. The molecule has 2 rings (SSSR count). The Morgan fingerprint density at radius 3 is 2.89 bits per heavy atom. The topological polar surface area (TPSA) is 62.5 Å². The summed E-state index contributed by atoms with van der Waals surface area (Å²) in [5, 5.41) is 12.8. The second-order valence-corrected chi connectivity index (χ2v) is 5.37. The number of carbonyl (C=O) groups excluding carboxylic acids is 1. The van der Waals surface area contributed by atoms with Crippen LogP contribution in [0.25, 0.3) is 11.0 Å². The quantitative estimate of drug-likeness (QED) is 0.908. The van der Waals surface area contributed by atoms with E-state index in [-0.39, 0.29) is 18.6 Å². The van der Waals surface area contributed by atoms with E-state index in [1.165, 1.54) is 0 Å². The minimum atomic E-state index is -0.286. The lowest BCUT2D eigenvalue weighted by Crippen LogP contribution is -2.37. The van der Waals surface area contributed by atoms with Gasteiger partial charge in [-0.05, 0) is 31.5 Å². The molecular weight excluding hydrogens is 310 g/mol. The van der Waals surface area contributed by atoms with Gasteiger partial charge in [0.15, 0.2) is 5.76 Å². The molecule has 0 aliphatic carbocycles. The van der Waals surface area contributed by atoms with Gasteiger partial charge in [0, 0.05) is 15.4 Å². The van der Waals surface area contributed by atoms with Crippen LogP contribution in [0, 0.1) is 6.92 Å². The maximum atomic E-state index is 12.1. The Balaban J connectivity index is 2.35. The van der Waals surface area contributed by atoms with Crippen molar-refractivity contribution in [1.82, 2.24) is 5.32 Å². The molecule has 0 saturated carbocycles. The van der Waals surface area contributed by atoms with Gasteiger partial charge in [-0.15, -0.1) is 0 Å². The first-order valence-electron chi connectivity index (χ1n) is 6.17. The van der Waals surface area contributed by atoms with Crippen molar-refractivity contribution in [2.75, 3.05) is 6.61 Å². The highest BCUT2D eigenvalue weighted by Gasteiger charge is 2.19. The number of amides is 1. The van der Waals surface area contributed by atoms with Crippen LogP contribution in [0.1, 0.15) is 29.5 Å². The van der Waals surface area contributed by atoms with Crippen LogP contribution in [0.2, 0.25) is 0 Å². The standard InChI is InChI=1S/C14H16BrNO3/c1-3-10(7-17)16-14(18)13-8(2)11-6-9(15)4-5-12(11)19-13/h4-6,10,17H,3,7H2,1-2H3,(H,16,18). The zero-order valence-corrected chi connectivity index (χ0v) is 12.5. The van der Waals surface area contributed by atoms with E-state index < -0.39 is 0 Å². The number of furan rings is 1. The van der Waals surface area contributed by atoms with Gasteiger partial charge in [-0.2, -0.15) is 0 Å². The first-order chi connectivity index (χ1) is 9.06. The third-order valence-electron chi connectivity index (χ3n) is 3.15. The van der Waals surface area contributed by atoms with E-state index in [1.54, 1.807) is 0 Å². The van der Waals surface area contributed by atoms with Gasteiger partial charge in [0.25, 0.3) is 5.91 Å². The van der Waals surface area contributed by atoms with Crippen LogP contribution < -0.4 is 5.32 Å². The Morgan fingerprint density at radius 1 is 1.53 bits per heavy atom. The summed E-state index contributed by atoms with van der Waals surface area (Å²) in [5.41, 5.74) is 1.49. The Hall–Kier alpha value is -1.33. The van der Waals surface area contributed by atoms with Crippen molar-refractivity contribution in [3.63, 3.8) is 0 Å². The monoisotopic (exact) mass is 325 g/mol. The van der Waals surface area contributed by atoms with Crippen molar-refractivity contribution < 1.29 is 14.3 Å². The summed E-state index contributed by atoms with van der Waals surface area (Å²) >= 11 is 3.40. The Kier molecular flexibility index (Phi) is 4.27. The van der Waals surface area contributed by atoms with Gasteiger partial charge in [0.1, 0.15) is 5.58 Å². The summed E-state index contributed by atoms with van der Waals surface area (Å²) in [6.07, 6.45) is 0.674. The van der Waals surface area contributed by atoms with E-state index in [9.17, 15) is 4.79 Å². The fourth-order valence-electron chi connectivity index (χ4n) is 1.94. The molecule has 1 unspecified atom stereocenters. The lowest BCUT2D eigenvalue weighted by Gasteiger charge is -2.12. The molecule has 0 spiro atoms. The van der Waals surface area contributed by atoms with Gasteiger partial charge >= 0.3 is 0 Å². The molecule has 0 fully saturated rings. The maximum absolute atomic E-state index is 12.1. The lowest BCUT2D eigenvalue weighted by atomic mass is 10.1. The molecular formula is C14H16BrNO3. The molecule has 102 valence electrons. The summed E-state index contributed by atoms with van der Waals surface area (Å²) in [4.78, 5) is 12.1. The van der Waals surface area contributed by atoms with Gasteiger partial charge in [-0.25, -0.2) is 0 Å². The molecule has 1 amide bonds. The molecule has 5 heteroatoms. The highest BCUT2D eigenvalue weighted by atomic mass is 79.9. The van der Waals surface area contributed by atoms with Crippen molar-refractivity contribution in [1.29, 1.82) is 0 Å². The van der Waals surface area contributed by atoms with Crippen LogP contribution in [0.4, 0.5) is 0 Å². The molecule has 0 saturated heterocycles. The summed E-state index contributed by atoms with van der Waals surface area (Å²) in [5.74, 6) is 0.0192. The zero-order chi connectivity index (χ0) is 14.0. The average Bonchev–Trinajstić information content (AvgIpc) is 2.73. The summed E-state index contributed by atoms with van der Waals surface area (Å²) < 4.78 is 6.53. The second kappa shape index (κ2) is 5.75. The molecule has 1 atom stereocenters. The van der Waals surface area contributed by atoms with Crippen molar-refractivity contribution in [2.45, 2.75) is 26.3 Å². The Morgan fingerprint density at radius 2 is 2.26 bits per heavy atom. The molecule has 1 aromatic carbocycles. The van der Waals surface area contributed by atoms with E-state index in [0.717, 1.165) is 15.4 Å². The number of aliphatic hydroxyl groups excluding tert-OH is 1. The van der Waals surface area contributed by atoms with Gasteiger partial charge in [-0.1, -0.05) is 22.9 Å². The third-order valence-corrected chi connectivity index (χ3v) is 3.65. The molecule has 0 bridgehead atoms. The molecule has 19 heavy (non-hydrogen) atoms. The number of fused-ring (bicyclic) bond motifs is 1. The number of aryl methyl sites for hydroxylation is 1. The van der Waals surface area contributed by atoms with E-state index >= 15 is 0 Å². The van der Waals surface area contributed by atoms with Crippen LogP contribution in [0.15, 0.2) is 27.1 Å². The SMILES string of the molecule is CCC(CO)NC(=O)c1oc2ccc(Br)cc2c1C. The number of aliphatic hydroxyl groups is 1. The predicted octanol–water partition coefficient (Wildman–Crippen LogP) is 3.00. The number of carbonyl (C=O) groups is 1. The number of rotatable bonds is 4. The molecule has 0 aliphatic heterocycles. The number of halogens is 1. The maximum Gasteiger partial charge on any atom is 0.287 e. The number of nitrogens with one attached hydrogen (secondary N) is 1. The molecule has 2 aromatic rings. The number of hydrogen-bond acceptors (Lipinski definition) is 3. The third kappa shape index (κ3) is 2.82.